The lowest BCUT2D eigenvalue weighted by Crippen LogP contribution is -2.16. The summed E-state index contributed by atoms with van der Waals surface area (Å²) in [6.45, 7) is 0. The van der Waals surface area contributed by atoms with Gasteiger partial charge < -0.3 is 4.90 Å². The van der Waals surface area contributed by atoms with E-state index in [0.717, 1.165) is 8.79 Å². The highest BCUT2D eigenvalue weighted by molar-refractivity contribution is 9.10. The highest BCUT2D eigenvalue weighted by Crippen LogP contribution is 2.16. The Bertz CT molecular complexity index is 299. The smallest absolute Gasteiger partial charge is 0.194 e. The van der Waals surface area contributed by atoms with Crippen molar-refractivity contribution in [3.05, 3.63) is 16.9 Å². The number of thiocarbonyl (C=S) groups is 1. The summed E-state index contributed by atoms with van der Waals surface area (Å²) in [5.74, 6) is 0. The minimum absolute atomic E-state index is 0.668. The van der Waals surface area contributed by atoms with Crippen molar-refractivity contribution >= 4 is 44.2 Å². The Morgan fingerprint density at radius 2 is 2.00 bits per heavy atom. The molecule has 6 heteroatoms. The van der Waals surface area contributed by atoms with Crippen molar-refractivity contribution in [2.24, 2.45) is 0 Å². The maximum Gasteiger partial charge on any atom is 0.194 e. The minimum atomic E-state index is 0.668. The monoisotopic (exact) mass is 277 g/mol. The van der Waals surface area contributed by atoms with Crippen LogP contribution >= 0.6 is 39.9 Å². The van der Waals surface area contributed by atoms with Crippen LogP contribution < -0.4 is 0 Å². The first-order valence-electron chi connectivity index (χ1n) is 3.46. The lowest BCUT2D eigenvalue weighted by molar-refractivity contribution is 0.647. The molecule has 0 spiro atoms. The highest BCUT2D eigenvalue weighted by Gasteiger charge is 2.04. The van der Waals surface area contributed by atoms with Crippen molar-refractivity contribution in [3.63, 3.8) is 0 Å². The van der Waals surface area contributed by atoms with Crippen LogP contribution in [0.1, 0.15) is 0 Å². The lowest BCUT2D eigenvalue weighted by Gasteiger charge is -2.10. The van der Waals surface area contributed by atoms with E-state index in [-0.39, 0.29) is 0 Å². The largest absolute Gasteiger partial charge is 0.363 e. The van der Waals surface area contributed by atoms with Crippen LogP contribution in [0, 0.1) is 0 Å². The van der Waals surface area contributed by atoms with Gasteiger partial charge in [-0.15, -0.1) is 0 Å². The molecule has 13 heavy (non-hydrogen) atoms. The molecule has 0 aromatic carbocycles. The van der Waals surface area contributed by atoms with Gasteiger partial charge in [-0.1, -0.05) is 12.2 Å². The first-order chi connectivity index (χ1) is 6.09. The molecule has 1 aromatic heterocycles. The quantitative estimate of drug-likeness (QED) is 0.446. The number of halogens is 1. The molecule has 0 bridgehead atoms. The van der Waals surface area contributed by atoms with Crippen LogP contribution in [0.25, 0.3) is 0 Å². The van der Waals surface area contributed by atoms with Gasteiger partial charge in [-0.3, -0.25) is 0 Å². The number of thioether (sulfide) groups is 1. The summed E-state index contributed by atoms with van der Waals surface area (Å²) in [7, 11) is 3.79. The summed E-state index contributed by atoms with van der Waals surface area (Å²) < 4.78 is 1.62. The third kappa shape index (κ3) is 3.58. The van der Waals surface area contributed by atoms with E-state index in [0.29, 0.717) is 5.16 Å². The molecule has 0 atom stereocenters. The molecule has 0 aliphatic heterocycles. The predicted molar refractivity (Wildman–Crippen MR) is 61.9 cm³/mol. The van der Waals surface area contributed by atoms with Crippen molar-refractivity contribution in [2.45, 2.75) is 5.16 Å². The van der Waals surface area contributed by atoms with Gasteiger partial charge >= 0.3 is 0 Å². The van der Waals surface area contributed by atoms with Gasteiger partial charge in [-0.05, 0) is 27.7 Å². The number of nitrogens with zero attached hydrogens (tertiary/aromatic N) is 3. The Morgan fingerprint density at radius 1 is 1.46 bits per heavy atom. The average Bonchev–Trinajstić information content (AvgIpc) is 2.08. The molecule has 1 rings (SSSR count). The fourth-order valence-electron chi connectivity index (χ4n) is 0.523. The Kier molecular flexibility index (Phi) is 4.08. The zero-order valence-electron chi connectivity index (χ0n) is 7.19. The molecule has 1 heterocycles. The Balaban J connectivity index is 2.65. The van der Waals surface area contributed by atoms with Crippen molar-refractivity contribution < 1.29 is 0 Å². The summed E-state index contributed by atoms with van der Waals surface area (Å²) in [5.41, 5.74) is 0. The van der Waals surface area contributed by atoms with Crippen LogP contribution in [-0.4, -0.2) is 33.3 Å². The SMILES string of the molecule is CN(C)C(=S)Sc1ncc(Br)cn1. The Labute approximate surface area is 95.1 Å². The van der Waals surface area contributed by atoms with Crippen LogP contribution in [0.5, 0.6) is 0 Å². The van der Waals surface area contributed by atoms with E-state index in [1.54, 1.807) is 12.4 Å². The molecule has 0 N–H and O–H groups in total. The number of rotatable bonds is 1. The molecule has 0 aliphatic rings. The van der Waals surface area contributed by atoms with E-state index in [9.17, 15) is 0 Å². The second-order valence-corrected chi connectivity index (χ2v) is 4.96. The molecule has 0 saturated carbocycles. The van der Waals surface area contributed by atoms with Gasteiger partial charge in [0.05, 0.1) is 4.47 Å². The number of hydrogen-bond acceptors (Lipinski definition) is 4. The minimum Gasteiger partial charge on any atom is -0.363 e. The van der Waals surface area contributed by atoms with Gasteiger partial charge in [-0.2, -0.15) is 0 Å². The first kappa shape index (κ1) is 10.9. The molecule has 0 fully saturated rings. The lowest BCUT2D eigenvalue weighted by atomic mass is 10.7. The molecule has 0 aliphatic carbocycles. The molecule has 3 nitrogen and oxygen atoms in total. The van der Waals surface area contributed by atoms with Crippen LogP contribution in [0.3, 0.4) is 0 Å². The van der Waals surface area contributed by atoms with E-state index < -0.39 is 0 Å². The van der Waals surface area contributed by atoms with Gasteiger partial charge in [-0.25, -0.2) is 9.97 Å². The zero-order chi connectivity index (χ0) is 9.84. The van der Waals surface area contributed by atoms with Gasteiger partial charge in [0.1, 0.15) is 4.32 Å². The summed E-state index contributed by atoms with van der Waals surface area (Å²) in [5, 5.41) is 0.668. The van der Waals surface area contributed by atoms with Crippen molar-refractivity contribution in [1.29, 1.82) is 0 Å². The standard InChI is InChI=1S/C7H8BrN3S2/c1-11(2)7(12)13-6-9-3-5(8)4-10-6/h3-4H,1-2H3. The Hall–Kier alpha value is -0.200. The second kappa shape index (κ2) is 4.88. The zero-order valence-corrected chi connectivity index (χ0v) is 10.4. The van der Waals surface area contributed by atoms with Gasteiger partial charge in [0.25, 0.3) is 0 Å². The fraction of sp³-hybridized carbons (Fsp3) is 0.286. The third-order valence-corrected chi connectivity index (χ3v) is 3.10. The molecule has 0 amide bonds. The van der Waals surface area contributed by atoms with Crippen molar-refractivity contribution in [3.8, 4) is 0 Å². The fourth-order valence-corrected chi connectivity index (χ4v) is 1.50. The molecule has 70 valence electrons. The molecule has 0 saturated heterocycles. The van der Waals surface area contributed by atoms with E-state index in [1.807, 2.05) is 19.0 Å². The average molecular weight is 278 g/mol. The maximum absolute atomic E-state index is 5.09. The van der Waals surface area contributed by atoms with Crippen LogP contribution in [0.15, 0.2) is 22.0 Å². The van der Waals surface area contributed by atoms with Crippen molar-refractivity contribution in [2.75, 3.05) is 14.1 Å². The van der Waals surface area contributed by atoms with E-state index in [1.165, 1.54) is 11.8 Å². The summed E-state index contributed by atoms with van der Waals surface area (Å²) in [4.78, 5) is 10.0. The van der Waals surface area contributed by atoms with E-state index in [4.69, 9.17) is 12.2 Å². The number of aromatic nitrogens is 2. The molecular formula is C7H8BrN3S2. The number of hydrogen-bond donors (Lipinski definition) is 0. The molecule has 0 unspecified atom stereocenters. The van der Waals surface area contributed by atoms with Crippen LogP contribution in [-0.2, 0) is 0 Å². The maximum atomic E-state index is 5.09. The second-order valence-electron chi connectivity index (χ2n) is 2.45. The summed E-state index contributed by atoms with van der Waals surface area (Å²) >= 11 is 9.73. The summed E-state index contributed by atoms with van der Waals surface area (Å²) in [6.07, 6.45) is 3.40. The molecular weight excluding hydrogens is 270 g/mol. The molecule has 1 aromatic rings. The third-order valence-electron chi connectivity index (χ3n) is 1.14. The van der Waals surface area contributed by atoms with E-state index in [2.05, 4.69) is 25.9 Å². The summed E-state index contributed by atoms with van der Waals surface area (Å²) in [6, 6.07) is 0. The predicted octanol–water partition coefficient (Wildman–Crippen LogP) is 2.18. The van der Waals surface area contributed by atoms with Crippen molar-refractivity contribution in [1.82, 2.24) is 14.9 Å². The van der Waals surface area contributed by atoms with Crippen LogP contribution in [0.2, 0.25) is 0 Å². The molecule has 0 radical (unpaired) electrons. The van der Waals surface area contributed by atoms with Gasteiger partial charge in [0.2, 0.25) is 0 Å². The Morgan fingerprint density at radius 3 is 2.46 bits per heavy atom. The topological polar surface area (TPSA) is 29.0 Å². The van der Waals surface area contributed by atoms with E-state index >= 15 is 0 Å². The highest BCUT2D eigenvalue weighted by atomic mass is 79.9. The van der Waals surface area contributed by atoms with Gasteiger partial charge in [0.15, 0.2) is 5.16 Å². The normalized spacial score (nSPS) is 9.77. The van der Waals surface area contributed by atoms with Gasteiger partial charge in [0, 0.05) is 26.5 Å². The van der Waals surface area contributed by atoms with Crippen LogP contribution in [0.4, 0.5) is 0 Å². The first-order valence-corrected chi connectivity index (χ1v) is 5.48.